The van der Waals surface area contributed by atoms with Crippen LogP contribution in [0, 0.1) is 0 Å². The normalized spacial score (nSPS) is 23.3. The average Bonchev–Trinajstić information content (AvgIpc) is 2.78. The molecule has 1 rings (SSSR count). The number of aliphatic carboxylic acids is 1. The summed E-state index contributed by atoms with van der Waals surface area (Å²) in [7, 11) is 1.65. The van der Waals surface area contributed by atoms with E-state index in [0.29, 0.717) is 12.3 Å². The van der Waals surface area contributed by atoms with E-state index in [2.05, 4.69) is 5.32 Å². The third-order valence-corrected chi connectivity index (χ3v) is 4.52. The van der Waals surface area contributed by atoms with Crippen molar-refractivity contribution in [1.29, 1.82) is 0 Å². The van der Waals surface area contributed by atoms with Crippen molar-refractivity contribution in [2.24, 2.45) is 0 Å². The molecule has 0 aromatic rings. The van der Waals surface area contributed by atoms with E-state index in [1.807, 2.05) is 6.92 Å². The Balaban J connectivity index is 2.70. The Hall–Kier alpha value is -1.44. The number of thioether (sulfide) groups is 1. The van der Waals surface area contributed by atoms with Crippen LogP contribution in [-0.4, -0.2) is 69.6 Å². The number of rotatable bonds is 4. The van der Waals surface area contributed by atoms with Crippen LogP contribution in [0.5, 0.6) is 0 Å². The summed E-state index contributed by atoms with van der Waals surface area (Å²) in [5.74, 6) is -0.866. The fraction of sp³-hybridized carbons (Fsp3) is 0.750. The molecule has 3 amide bonds. The van der Waals surface area contributed by atoms with E-state index in [-0.39, 0.29) is 11.3 Å². The molecule has 1 saturated heterocycles. The van der Waals surface area contributed by atoms with Crippen LogP contribution in [0.3, 0.4) is 0 Å². The third-order valence-electron chi connectivity index (χ3n) is 3.30. The van der Waals surface area contributed by atoms with Gasteiger partial charge in [0.1, 0.15) is 12.1 Å². The number of hydrogen-bond donors (Lipinski definition) is 2. The van der Waals surface area contributed by atoms with Gasteiger partial charge in [0.25, 0.3) is 0 Å². The Morgan fingerprint density at radius 3 is 2.60 bits per heavy atom. The molecular weight excluding hydrogens is 282 g/mol. The van der Waals surface area contributed by atoms with Crippen LogP contribution < -0.4 is 5.32 Å². The van der Waals surface area contributed by atoms with Crippen molar-refractivity contribution in [2.45, 2.75) is 38.2 Å². The van der Waals surface area contributed by atoms with Crippen LogP contribution in [0.4, 0.5) is 4.79 Å². The van der Waals surface area contributed by atoms with Gasteiger partial charge in [0.05, 0.1) is 5.37 Å². The Morgan fingerprint density at radius 1 is 1.50 bits per heavy atom. The van der Waals surface area contributed by atoms with Crippen molar-refractivity contribution >= 4 is 29.7 Å². The summed E-state index contributed by atoms with van der Waals surface area (Å²) in [6.45, 7) is 5.76. The summed E-state index contributed by atoms with van der Waals surface area (Å²) in [4.78, 5) is 38.0. The SMILES string of the molecule is CCN(C)C(=O)C(C)NC(=O)N1C(C)SCC1C(=O)O. The van der Waals surface area contributed by atoms with E-state index >= 15 is 0 Å². The van der Waals surface area contributed by atoms with Crippen LogP contribution in [0.15, 0.2) is 0 Å². The highest BCUT2D eigenvalue weighted by molar-refractivity contribution is 8.00. The number of carboxylic acid groups (broad SMARTS) is 1. The van der Waals surface area contributed by atoms with Gasteiger partial charge in [0.2, 0.25) is 5.91 Å². The minimum Gasteiger partial charge on any atom is -0.480 e. The number of carbonyl (C=O) groups is 3. The van der Waals surface area contributed by atoms with E-state index in [0.717, 1.165) is 0 Å². The van der Waals surface area contributed by atoms with E-state index in [1.165, 1.54) is 21.6 Å². The van der Waals surface area contributed by atoms with Gasteiger partial charge < -0.3 is 15.3 Å². The summed E-state index contributed by atoms with van der Waals surface area (Å²) >= 11 is 1.41. The van der Waals surface area contributed by atoms with Gasteiger partial charge in [0.15, 0.2) is 0 Å². The summed E-state index contributed by atoms with van der Waals surface area (Å²) < 4.78 is 0. The molecule has 0 aliphatic carbocycles. The number of amides is 3. The number of nitrogens with zero attached hydrogens (tertiary/aromatic N) is 2. The number of urea groups is 1. The number of hydrogen-bond acceptors (Lipinski definition) is 4. The Labute approximate surface area is 122 Å². The molecule has 0 bridgehead atoms. The summed E-state index contributed by atoms with van der Waals surface area (Å²) in [6.07, 6.45) is 0. The molecule has 1 heterocycles. The first-order chi connectivity index (χ1) is 9.29. The topological polar surface area (TPSA) is 90.0 Å². The van der Waals surface area contributed by atoms with Crippen molar-refractivity contribution in [3.8, 4) is 0 Å². The minimum atomic E-state index is -1.03. The molecule has 0 saturated carbocycles. The molecule has 20 heavy (non-hydrogen) atoms. The van der Waals surface area contributed by atoms with Crippen molar-refractivity contribution in [3.05, 3.63) is 0 Å². The first-order valence-corrected chi connectivity index (χ1v) is 7.52. The monoisotopic (exact) mass is 303 g/mol. The fourth-order valence-electron chi connectivity index (χ4n) is 1.95. The van der Waals surface area contributed by atoms with Crippen LogP contribution in [-0.2, 0) is 9.59 Å². The first kappa shape index (κ1) is 16.6. The predicted octanol–water partition coefficient (Wildman–Crippen LogP) is 0.411. The highest BCUT2D eigenvalue weighted by Gasteiger charge is 2.40. The van der Waals surface area contributed by atoms with Gasteiger partial charge >= 0.3 is 12.0 Å². The van der Waals surface area contributed by atoms with Gasteiger partial charge in [-0.25, -0.2) is 9.59 Å². The second-order valence-corrected chi connectivity index (χ2v) is 6.07. The minimum absolute atomic E-state index is 0.202. The van der Waals surface area contributed by atoms with Crippen LogP contribution in [0.25, 0.3) is 0 Å². The molecule has 1 aliphatic heterocycles. The predicted molar refractivity (Wildman–Crippen MR) is 76.5 cm³/mol. The largest absolute Gasteiger partial charge is 0.480 e. The molecular formula is C12H21N3O4S. The van der Waals surface area contributed by atoms with E-state index in [9.17, 15) is 14.4 Å². The number of carboxylic acids is 1. The van der Waals surface area contributed by atoms with Gasteiger partial charge in [-0.3, -0.25) is 9.69 Å². The zero-order valence-corrected chi connectivity index (χ0v) is 12.9. The molecule has 0 aromatic carbocycles. The van der Waals surface area contributed by atoms with Crippen molar-refractivity contribution in [1.82, 2.24) is 15.1 Å². The maximum absolute atomic E-state index is 12.2. The van der Waals surface area contributed by atoms with Gasteiger partial charge in [0, 0.05) is 19.3 Å². The van der Waals surface area contributed by atoms with Gasteiger partial charge in [-0.2, -0.15) is 0 Å². The van der Waals surface area contributed by atoms with Crippen molar-refractivity contribution < 1.29 is 19.5 Å². The highest BCUT2D eigenvalue weighted by atomic mass is 32.2. The summed E-state index contributed by atoms with van der Waals surface area (Å²) in [6, 6.07) is -2.04. The third kappa shape index (κ3) is 3.56. The highest BCUT2D eigenvalue weighted by Crippen LogP contribution is 2.28. The second kappa shape index (κ2) is 6.83. The molecule has 1 aliphatic rings. The van der Waals surface area contributed by atoms with Crippen molar-refractivity contribution in [3.63, 3.8) is 0 Å². The zero-order chi connectivity index (χ0) is 15.4. The summed E-state index contributed by atoms with van der Waals surface area (Å²) in [5.41, 5.74) is 0. The quantitative estimate of drug-likeness (QED) is 0.785. The van der Waals surface area contributed by atoms with Crippen LogP contribution >= 0.6 is 11.8 Å². The number of nitrogens with one attached hydrogen (secondary N) is 1. The Bertz CT molecular complexity index is 404. The second-order valence-electron chi connectivity index (χ2n) is 4.72. The lowest BCUT2D eigenvalue weighted by molar-refractivity contribution is -0.141. The van der Waals surface area contributed by atoms with Crippen molar-refractivity contribution in [2.75, 3.05) is 19.3 Å². The van der Waals surface area contributed by atoms with E-state index < -0.39 is 24.1 Å². The Morgan fingerprint density at radius 2 is 2.10 bits per heavy atom. The molecule has 7 nitrogen and oxygen atoms in total. The number of carbonyl (C=O) groups excluding carboxylic acids is 2. The van der Waals surface area contributed by atoms with Gasteiger partial charge in [-0.1, -0.05) is 0 Å². The lowest BCUT2D eigenvalue weighted by Gasteiger charge is -2.28. The molecule has 8 heteroatoms. The van der Waals surface area contributed by atoms with E-state index in [1.54, 1.807) is 20.9 Å². The van der Waals surface area contributed by atoms with Crippen LogP contribution in [0.2, 0.25) is 0 Å². The molecule has 1 fully saturated rings. The first-order valence-electron chi connectivity index (χ1n) is 6.47. The summed E-state index contributed by atoms with van der Waals surface area (Å²) in [5, 5.41) is 11.5. The number of likely N-dealkylation sites (N-methyl/N-ethyl adjacent to an activating group) is 1. The molecule has 0 aromatic heterocycles. The molecule has 3 atom stereocenters. The zero-order valence-electron chi connectivity index (χ0n) is 12.1. The van der Waals surface area contributed by atoms with Crippen LogP contribution in [0.1, 0.15) is 20.8 Å². The smallest absolute Gasteiger partial charge is 0.327 e. The maximum Gasteiger partial charge on any atom is 0.327 e. The Kier molecular flexibility index (Phi) is 5.67. The molecule has 0 radical (unpaired) electrons. The molecule has 3 unspecified atom stereocenters. The maximum atomic E-state index is 12.2. The lowest BCUT2D eigenvalue weighted by Crippen LogP contribution is -2.54. The van der Waals surface area contributed by atoms with Gasteiger partial charge in [-0.15, -0.1) is 11.8 Å². The lowest BCUT2D eigenvalue weighted by atomic mass is 10.2. The molecule has 2 N–H and O–H groups in total. The molecule has 114 valence electrons. The standard InChI is InChI=1S/C12H21N3O4S/c1-5-14(4)10(16)7(2)13-12(19)15-8(3)20-6-9(15)11(17)18/h7-9H,5-6H2,1-4H3,(H,13,19)(H,17,18). The fourth-order valence-corrected chi connectivity index (χ4v) is 3.12. The average molecular weight is 303 g/mol. The molecule has 0 spiro atoms. The van der Waals surface area contributed by atoms with Gasteiger partial charge in [-0.05, 0) is 20.8 Å². The van der Waals surface area contributed by atoms with E-state index in [4.69, 9.17) is 5.11 Å².